The van der Waals surface area contributed by atoms with E-state index in [-0.39, 0.29) is 17.9 Å². The molecule has 1 heterocycles. The van der Waals surface area contributed by atoms with Gasteiger partial charge in [-0.1, -0.05) is 6.07 Å². The summed E-state index contributed by atoms with van der Waals surface area (Å²) in [5, 5.41) is 20.9. The van der Waals surface area contributed by atoms with Crippen LogP contribution in [-0.4, -0.2) is 22.2 Å². The van der Waals surface area contributed by atoms with Crippen LogP contribution >= 0.6 is 0 Å². The lowest BCUT2D eigenvalue weighted by atomic mass is 10.1. The summed E-state index contributed by atoms with van der Waals surface area (Å²) >= 11 is 0. The zero-order valence-electron chi connectivity index (χ0n) is 8.16. The molecule has 0 bridgehead atoms. The summed E-state index contributed by atoms with van der Waals surface area (Å²) in [5.41, 5.74) is 1.24. The van der Waals surface area contributed by atoms with E-state index >= 15 is 0 Å². The zero-order valence-corrected chi connectivity index (χ0v) is 8.16. The Labute approximate surface area is 86.1 Å². The van der Waals surface area contributed by atoms with Crippen LogP contribution in [0.2, 0.25) is 0 Å². The number of aliphatic hydroxyl groups is 2. The zero-order chi connectivity index (χ0) is 11.0. The number of hydrogen-bond acceptors (Lipinski definition) is 4. The smallest absolute Gasteiger partial charge is 0.164 e. The second-order valence-electron chi connectivity index (χ2n) is 3.39. The van der Waals surface area contributed by atoms with Crippen LogP contribution in [0.4, 0.5) is 15.8 Å². The molecule has 1 aliphatic heterocycles. The van der Waals surface area contributed by atoms with E-state index in [0.717, 1.165) is 0 Å². The van der Waals surface area contributed by atoms with E-state index < -0.39 is 12.0 Å². The summed E-state index contributed by atoms with van der Waals surface area (Å²) in [6, 6.07) is 3.08. The first kappa shape index (κ1) is 10.1. The van der Waals surface area contributed by atoms with Crippen molar-refractivity contribution in [2.24, 2.45) is 4.99 Å². The van der Waals surface area contributed by atoms with Crippen molar-refractivity contribution >= 4 is 17.1 Å². The monoisotopic (exact) mass is 210 g/mol. The molecule has 0 fully saturated rings. The first-order valence-corrected chi connectivity index (χ1v) is 4.55. The predicted octanol–water partition coefficient (Wildman–Crippen LogP) is 1.15. The Kier molecular flexibility index (Phi) is 2.42. The number of halogens is 1. The molecule has 1 aliphatic rings. The third kappa shape index (κ3) is 1.60. The Balaban J connectivity index is 2.55. The molecule has 2 rings (SSSR count). The van der Waals surface area contributed by atoms with E-state index in [2.05, 4.69) is 10.3 Å². The van der Waals surface area contributed by atoms with Gasteiger partial charge in [0.1, 0.15) is 0 Å². The summed E-state index contributed by atoms with van der Waals surface area (Å²) in [6.07, 6.45) is -0.971. The van der Waals surface area contributed by atoms with Gasteiger partial charge in [0.15, 0.2) is 12.0 Å². The number of aliphatic hydroxyl groups excluding tert-OH is 2. The van der Waals surface area contributed by atoms with Gasteiger partial charge in [0.25, 0.3) is 0 Å². The predicted molar refractivity (Wildman–Crippen MR) is 54.7 cm³/mol. The maximum absolute atomic E-state index is 13.7. The van der Waals surface area contributed by atoms with Gasteiger partial charge in [0.2, 0.25) is 0 Å². The van der Waals surface area contributed by atoms with Gasteiger partial charge in [0.05, 0.1) is 23.7 Å². The highest BCUT2D eigenvalue weighted by molar-refractivity contribution is 5.95. The molecule has 5 heteroatoms. The molecule has 4 nitrogen and oxygen atoms in total. The van der Waals surface area contributed by atoms with E-state index in [1.807, 2.05) is 0 Å². The summed E-state index contributed by atoms with van der Waals surface area (Å²) in [5.74, 6) is -0.565. The van der Waals surface area contributed by atoms with Gasteiger partial charge >= 0.3 is 0 Å². The van der Waals surface area contributed by atoms with Gasteiger partial charge in [-0.15, -0.1) is 0 Å². The van der Waals surface area contributed by atoms with Crippen molar-refractivity contribution in [2.75, 3.05) is 5.32 Å². The van der Waals surface area contributed by atoms with Crippen LogP contribution in [0.15, 0.2) is 17.1 Å². The number of hydrogen-bond donors (Lipinski definition) is 3. The van der Waals surface area contributed by atoms with Crippen LogP contribution in [0, 0.1) is 5.82 Å². The number of anilines is 1. The molecule has 0 spiro atoms. The standard InChI is InChI=1S/C10H11FN2O2/c1-5-10(15)13-9-7(12-5)3-2-6(4-14)8(9)11/h2-3,10,13-15H,4H2,1H3. The summed E-state index contributed by atoms with van der Waals surface area (Å²) in [7, 11) is 0. The molecule has 1 aromatic carbocycles. The maximum Gasteiger partial charge on any atom is 0.164 e. The van der Waals surface area contributed by atoms with Crippen molar-refractivity contribution in [1.29, 1.82) is 0 Å². The first-order chi connectivity index (χ1) is 7.13. The molecular formula is C10H11FN2O2. The van der Waals surface area contributed by atoms with Crippen LogP contribution < -0.4 is 5.32 Å². The van der Waals surface area contributed by atoms with Crippen molar-refractivity contribution in [1.82, 2.24) is 0 Å². The molecule has 0 aromatic heterocycles. The highest BCUT2D eigenvalue weighted by Crippen LogP contribution is 2.33. The number of aliphatic imine (C=N–C) groups is 1. The average molecular weight is 210 g/mol. The highest BCUT2D eigenvalue weighted by atomic mass is 19.1. The molecule has 0 saturated carbocycles. The fourth-order valence-electron chi connectivity index (χ4n) is 1.45. The summed E-state index contributed by atoms with van der Waals surface area (Å²) in [6.45, 7) is 1.28. The minimum absolute atomic E-state index is 0.139. The second kappa shape index (κ2) is 3.60. The molecule has 15 heavy (non-hydrogen) atoms. The van der Waals surface area contributed by atoms with Crippen LogP contribution in [0.1, 0.15) is 12.5 Å². The number of benzene rings is 1. The minimum atomic E-state index is -0.971. The lowest BCUT2D eigenvalue weighted by molar-refractivity contribution is 0.265. The molecule has 0 saturated heterocycles. The Morgan fingerprint density at radius 3 is 2.93 bits per heavy atom. The molecule has 3 N–H and O–H groups in total. The molecule has 1 unspecified atom stereocenters. The van der Waals surface area contributed by atoms with E-state index in [4.69, 9.17) is 5.11 Å². The van der Waals surface area contributed by atoms with Crippen molar-refractivity contribution in [2.45, 2.75) is 19.8 Å². The Bertz CT molecular complexity index is 432. The van der Waals surface area contributed by atoms with Gasteiger partial charge < -0.3 is 15.5 Å². The maximum atomic E-state index is 13.7. The molecule has 0 radical (unpaired) electrons. The van der Waals surface area contributed by atoms with Crippen LogP contribution in [0.25, 0.3) is 0 Å². The van der Waals surface area contributed by atoms with Crippen molar-refractivity contribution in [3.8, 4) is 0 Å². The number of rotatable bonds is 1. The number of fused-ring (bicyclic) bond motifs is 1. The second-order valence-corrected chi connectivity index (χ2v) is 3.39. The minimum Gasteiger partial charge on any atom is -0.392 e. The van der Waals surface area contributed by atoms with Crippen LogP contribution in [0.3, 0.4) is 0 Å². The largest absolute Gasteiger partial charge is 0.392 e. The van der Waals surface area contributed by atoms with Crippen LogP contribution in [-0.2, 0) is 6.61 Å². The SMILES string of the molecule is CC1=Nc2ccc(CO)c(F)c2NC1O. The van der Waals surface area contributed by atoms with E-state index in [1.165, 1.54) is 6.07 Å². The molecule has 80 valence electrons. The molecular weight excluding hydrogens is 199 g/mol. The normalized spacial score (nSPS) is 19.2. The van der Waals surface area contributed by atoms with E-state index in [0.29, 0.717) is 11.4 Å². The topological polar surface area (TPSA) is 64.9 Å². The number of nitrogens with one attached hydrogen (secondary N) is 1. The van der Waals surface area contributed by atoms with Crippen molar-refractivity contribution in [3.05, 3.63) is 23.5 Å². The Morgan fingerprint density at radius 2 is 2.27 bits per heavy atom. The lowest BCUT2D eigenvalue weighted by Crippen LogP contribution is -2.30. The highest BCUT2D eigenvalue weighted by Gasteiger charge is 2.21. The van der Waals surface area contributed by atoms with E-state index in [9.17, 15) is 9.50 Å². The van der Waals surface area contributed by atoms with Gasteiger partial charge in [-0.25, -0.2) is 4.39 Å². The third-order valence-electron chi connectivity index (χ3n) is 2.34. The quantitative estimate of drug-likeness (QED) is 0.651. The van der Waals surface area contributed by atoms with Crippen molar-refractivity contribution in [3.63, 3.8) is 0 Å². The van der Waals surface area contributed by atoms with Crippen molar-refractivity contribution < 1.29 is 14.6 Å². The van der Waals surface area contributed by atoms with Gasteiger partial charge in [-0.3, -0.25) is 4.99 Å². The fourth-order valence-corrected chi connectivity index (χ4v) is 1.45. The lowest BCUT2D eigenvalue weighted by Gasteiger charge is -2.22. The molecule has 1 atom stereocenters. The third-order valence-corrected chi connectivity index (χ3v) is 2.34. The Hall–Kier alpha value is -1.46. The average Bonchev–Trinajstić information content (AvgIpc) is 2.22. The van der Waals surface area contributed by atoms with E-state index in [1.54, 1.807) is 13.0 Å². The first-order valence-electron chi connectivity index (χ1n) is 4.55. The van der Waals surface area contributed by atoms with Gasteiger partial charge in [-0.05, 0) is 13.0 Å². The van der Waals surface area contributed by atoms with Crippen LogP contribution in [0.5, 0.6) is 0 Å². The molecule has 1 aromatic rings. The fraction of sp³-hybridized carbons (Fsp3) is 0.300. The van der Waals surface area contributed by atoms with Gasteiger partial charge in [0, 0.05) is 5.56 Å². The Morgan fingerprint density at radius 1 is 1.53 bits per heavy atom. The summed E-state index contributed by atoms with van der Waals surface area (Å²) in [4.78, 5) is 4.05. The summed E-state index contributed by atoms with van der Waals surface area (Å²) < 4.78 is 13.7. The molecule has 0 aliphatic carbocycles. The molecule has 0 amide bonds. The van der Waals surface area contributed by atoms with Gasteiger partial charge in [-0.2, -0.15) is 0 Å². The number of nitrogens with zero attached hydrogens (tertiary/aromatic N) is 1.